The zero-order valence-corrected chi connectivity index (χ0v) is 15.5. The highest BCUT2D eigenvalue weighted by atomic mass is 16.5. The van der Waals surface area contributed by atoms with E-state index in [0.29, 0.717) is 13.1 Å². The Kier molecular flexibility index (Phi) is 13.8. The second kappa shape index (κ2) is 14.5. The van der Waals surface area contributed by atoms with Crippen molar-refractivity contribution in [1.29, 1.82) is 0 Å². The second-order valence-corrected chi connectivity index (χ2v) is 6.12. The Morgan fingerprint density at radius 1 is 0.739 bits per heavy atom. The fourth-order valence-electron chi connectivity index (χ4n) is 2.24. The summed E-state index contributed by atoms with van der Waals surface area (Å²) in [4.78, 5) is 23.8. The first kappa shape index (κ1) is 21.9. The van der Waals surface area contributed by atoms with Crippen LogP contribution < -0.4 is 10.6 Å². The summed E-state index contributed by atoms with van der Waals surface area (Å²) < 4.78 is 5.51. The predicted octanol–water partition coefficient (Wildman–Crippen LogP) is 3.17. The van der Waals surface area contributed by atoms with E-state index < -0.39 is 12.2 Å². The molecule has 0 aromatic heterocycles. The molecule has 0 aliphatic heterocycles. The first-order chi connectivity index (χ1) is 11.0. The van der Waals surface area contributed by atoms with Crippen molar-refractivity contribution in [3.8, 4) is 0 Å². The van der Waals surface area contributed by atoms with Gasteiger partial charge in [-0.1, -0.05) is 52.4 Å². The molecule has 2 N–H and O–H groups in total. The summed E-state index contributed by atoms with van der Waals surface area (Å²) in [6, 6.07) is 0. The van der Waals surface area contributed by atoms with Gasteiger partial charge in [0.25, 0.3) is 0 Å². The van der Waals surface area contributed by atoms with Gasteiger partial charge in [0.2, 0.25) is 11.8 Å². The lowest BCUT2D eigenvalue weighted by molar-refractivity contribution is -0.143. The van der Waals surface area contributed by atoms with Gasteiger partial charge in [-0.3, -0.25) is 9.59 Å². The molecule has 0 rings (SSSR count). The van der Waals surface area contributed by atoms with E-state index >= 15 is 0 Å². The maximum absolute atomic E-state index is 11.9. The maximum atomic E-state index is 11.9. The highest BCUT2D eigenvalue weighted by molar-refractivity contribution is 5.83. The Labute approximate surface area is 141 Å². The molecule has 0 radical (unpaired) electrons. The lowest BCUT2D eigenvalue weighted by Crippen LogP contribution is -2.42. The Hall–Kier alpha value is -1.10. The van der Waals surface area contributed by atoms with E-state index in [4.69, 9.17) is 4.74 Å². The van der Waals surface area contributed by atoms with Crippen LogP contribution in [0.2, 0.25) is 0 Å². The molecule has 5 heteroatoms. The number of hydrogen-bond donors (Lipinski definition) is 2. The SMILES string of the molecule is CCCCCCNC(=O)C(C)OC(C)C(=O)NCCCCCC. The van der Waals surface area contributed by atoms with Crippen molar-refractivity contribution < 1.29 is 14.3 Å². The summed E-state index contributed by atoms with van der Waals surface area (Å²) in [5.74, 6) is -0.298. The van der Waals surface area contributed by atoms with Crippen LogP contribution in [-0.4, -0.2) is 37.1 Å². The van der Waals surface area contributed by atoms with Crippen LogP contribution >= 0.6 is 0 Å². The average Bonchev–Trinajstić information content (AvgIpc) is 2.53. The topological polar surface area (TPSA) is 67.4 Å². The largest absolute Gasteiger partial charge is 0.356 e. The van der Waals surface area contributed by atoms with E-state index in [-0.39, 0.29) is 11.8 Å². The van der Waals surface area contributed by atoms with Crippen molar-refractivity contribution >= 4 is 11.8 Å². The van der Waals surface area contributed by atoms with Crippen LogP contribution in [-0.2, 0) is 14.3 Å². The van der Waals surface area contributed by atoms with Crippen LogP contribution in [0, 0.1) is 0 Å². The van der Waals surface area contributed by atoms with E-state index in [0.717, 1.165) is 25.7 Å². The highest BCUT2D eigenvalue weighted by Crippen LogP contribution is 2.02. The fraction of sp³-hybridized carbons (Fsp3) is 0.889. The summed E-state index contributed by atoms with van der Waals surface area (Å²) in [7, 11) is 0. The lowest BCUT2D eigenvalue weighted by atomic mass is 10.2. The van der Waals surface area contributed by atoms with Gasteiger partial charge in [-0.15, -0.1) is 0 Å². The van der Waals surface area contributed by atoms with E-state index in [2.05, 4.69) is 24.5 Å². The van der Waals surface area contributed by atoms with Crippen molar-refractivity contribution in [2.75, 3.05) is 13.1 Å². The summed E-state index contributed by atoms with van der Waals surface area (Å²) >= 11 is 0. The normalized spacial score (nSPS) is 13.4. The third kappa shape index (κ3) is 12.0. The Morgan fingerprint density at radius 3 is 1.48 bits per heavy atom. The number of hydrogen-bond acceptors (Lipinski definition) is 3. The zero-order valence-electron chi connectivity index (χ0n) is 15.5. The maximum Gasteiger partial charge on any atom is 0.248 e. The van der Waals surface area contributed by atoms with Crippen LogP contribution in [0.3, 0.4) is 0 Å². The van der Waals surface area contributed by atoms with Crippen molar-refractivity contribution in [3.05, 3.63) is 0 Å². The molecule has 0 bridgehead atoms. The minimum absolute atomic E-state index is 0.149. The van der Waals surface area contributed by atoms with Gasteiger partial charge in [0.05, 0.1) is 0 Å². The number of amides is 2. The van der Waals surface area contributed by atoms with Crippen molar-refractivity contribution in [1.82, 2.24) is 10.6 Å². The molecule has 0 heterocycles. The minimum atomic E-state index is -0.609. The summed E-state index contributed by atoms with van der Waals surface area (Å²) in [5, 5.41) is 5.71. The first-order valence-corrected chi connectivity index (χ1v) is 9.23. The monoisotopic (exact) mass is 328 g/mol. The lowest BCUT2D eigenvalue weighted by Gasteiger charge is -2.18. The van der Waals surface area contributed by atoms with Gasteiger partial charge in [0, 0.05) is 13.1 Å². The highest BCUT2D eigenvalue weighted by Gasteiger charge is 2.20. The number of carbonyl (C=O) groups is 2. The van der Waals surface area contributed by atoms with Crippen molar-refractivity contribution in [2.24, 2.45) is 0 Å². The van der Waals surface area contributed by atoms with Gasteiger partial charge in [0.15, 0.2) is 0 Å². The van der Waals surface area contributed by atoms with Gasteiger partial charge in [-0.2, -0.15) is 0 Å². The predicted molar refractivity (Wildman–Crippen MR) is 94.3 cm³/mol. The molecule has 2 unspecified atom stereocenters. The summed E-state index contributed by atoms with van der Waals surface area (Å²) in [6.07, 6.45) is 7.75. The van der Waals surface area contributed by atoms with Gasteiger partial charge in [-0.25, -0.2) is 0 Å². The molecule has 2 atom stereocenters. The Bertz CT molecular complexity index is 291. The number of rotatable bonds is 14. The number of unbranched alkanes of at least 4 members (excludes halogenated alkanes) is 6. The number of carbonyl (C=O) groups excluding carboxylic acids is 2. The van der Waals surface area contributed by atoms with Crippen LogP contribution in [0.1, 0.15) is 79.1 Å². The molecule has 0 saturated carbocycles. The Balaban J connectivity index is 3.82. The van der Waals surface area contributed by atoms with Crippen molar-refractivity contribution in [2.45, 2.75) is 91.3 Å². The molecule has 0 saturated heterocycles. The fourth-order valence-corrected chi connectivity index (χ4v) is 2.24. The van der Waals surface area contributed by atoms with Gasteiger partial charge >= 0.3 is 0 Å². The molecule has 0 aliphatic carbocycles. The van der Waals surface area contributed by atoms with E-state index in [1.54, 1.807) is 13.8 Å². The summed E-state index contributed by atoms with van der Waals surface area (Å²) in [5.41, 5.74) is 0. The molecule has 0 spiro atoms. The molecular weight excluding hydrogens is 292 g/mol. The quantitative estimate of drug-likeness (QED) is 0.481. The number of ether oxygens (including phenoxy) is 1. The third-order valence-electron chi connectivity index (χ3n) is 3.81. The molecule has 0 aromatic rings. The molecule has 0 fully saturated rings. The second-order valence-electron chi connectivity index (χ2n) is 6.12. The van der Waals surface area contributed by atoms with E-state index in [9.17, 15) is 9.59 Å². The van der Waals surface area contributed by atoms with Crippen LogP contribution in [0.5, 0.6) is 0 Å². The summed E-state index contributed by atoms with van der Waals surface area (Å²) in [6.45, 7) is 9.03. The van der Waals surface area contributed by atoms with Gasteiger partial charge in [-0.05, 0) is 26.7 Å². The van der Waals surface area contributed by atoms with Gasteiger partial charge < -0.3 is 15.4 Å². The molecule has 23 heavy (non-hydrogen) atoms. The molecule has 2 amide bonds. The van der Waals surface area contributed by atoms with Crippen LogP contribution in [0.4, 0.5) is 0 Å². The van der Waals surface area contributed by atoms with Gasteiger partial charge in [0.1, 0.15) is 12.2 Å². The van der Waals surface area contributed by atoms with E-state index in [1.807, 2.05) is 0 Å². The standard InChI is InChI=1S/C18H36N2O3/c1-5-7-9-11-13-19-17(21)15(3)23-16(4)18(22)20-14-12-10-8-6-2/h15-16H,5-14H2,1-4H3,(H,19,21)(H,20,22). The minimum Gasteiger partial charge on any atom is -0.356 e. The average molecular weight is 328 g/mol. The number of nitrogens with one attached hydrogen (secondary N) is 2. The molecule has 136 valence electrons. The van der Waals surface area contributed by atoms with Crippen molar-refractivity contribution in [3.63, 3.8) is 0 Å². The van der Waals surface area contributed by atoms with Crippen LogP contribution in [0.15, 0.2) is 0 Å². The molecule has 0 aromatic carbocycles. The first-order valence-electron chi connectivity index (χ1n) is 9.23. The molecular formula is C18H36N2O3. The van der Waals surface area contributed by atoms with E-state index in [1.165, 1.54) is 25.7 Å². The zero-order chi connectivity index (χ0) is 17.5. The molecule has 0 aliphatic rings. The Morgan fingerprint density at radius 2 is 1.13 bits per heavy atom. The molecule has 5 nitrogen and oxygen atoms in total. The smallest absolute Gasteiger partial charge is 0.248 e. The van der Waals surface area contributed by atoms with Crippen LogP contribution in [0.25, 0.3) is 0 Å². The third-order valence-corrected chi connectivity index (χ3v) is 3.81.